The molecule has 4 rings (SSSR count). The van der Waals surface area contributed by atoms with Crippen LogP contribution < -0.4 is 0 Å². The van der Waals surface area contributed by atoms with Crippen LogP contribution in [0.4, 0.5) is 0 Å². The van der Waals surface area contributed by atoms with Gasteiger partial charge >= 0.3 is 0 Å². The zero-order valence-electron chi connectivity index (χ0n) is 8.26. The Morgan fingerprint density at radius 1 is 1.29 bits per heavy atom. The fourth-order valence-corrected chi connectivity index (χ4v) is 3.29. The first kappa shape index (κ1) is 8.66. The van der Waals surface area contributed by atoms with Crippen LogP contribution in [0.25, 0.3) is 0 Å². The monoisotopic (exact) mass is 208 g/mol. The molecule has 1 aromatic rings. The molecule has 14 heavy (non-hydrogen) atoms. The Morgan fingerprint density at radius 2 is 1.86 bits per heavy atom. The quantitative estimate of drug-likeness (QED) is 0.747. The molecule has 74 valence electrons. The summed E-state index contributed by atoms with van der Waals surface area (Å²) in [6.45, 7) is 2.28. The van der Waals surface area contributed by atoms with Crippen LogP contribution in [0.1, 0.15) is 38.4 Å². The molecule has 3 aliphatic rings. The van der Waals surface area contributed by atoms with Crippen LogP contribution in [-0.2, 0) is 5.41 Å². The van der Waals surface area contributed by atoms with E-state index in [0.29, 0.717) is 15.9 Å². The second-order valence-corrected chi connectivity index (χ2v) is 5.33. The summed E-state index contributed by atoms with van der Waals surface area (Å²) >= 11 is 5.77. The van der Waals surface area contributed by atoms with E-state index >= 15 is 0 Å². The fourth-order valence-electron chi connectivity index (χ4n) is 3.20. The van der Waals surface area contributed by atoms with Gasteiger partial charge in [0.15, 0.2) is 0 Å². The summed E-state index contributed by atoms with van der Waals surface area (Å²) in [5.41, 5.74) is 0.990. The first-order chi connectivity index (χ1) is 6.68. The van der Waals surface area contributed by atoms with Gasteiger partial charge in [-0.05, 0) is 24.7 Å². The lowest BCUT2D eigenvalue weighted by molar-refractivity contribution is -0.147. The van der Waals surface area contributed by atoms with Crippen molar-refractivity contribution >= 4 is 11.6 Å². The van der Waals surface area contributed by atoms with Crippen molar-refractivity contribution in [2.75, 3.05) is 0 Å². The van der Waals surface area contributed by atoms with Gasteiger partial charge in [0.05, 0.1) is 5.02 Å². The fraction of sp³-hybridized carbons (Fsp3) is 0.636. The minimum atomic E-state index is 0.334. The van der Waals surface area contributed by atoms with Gasteiger partial charge < -0.3 is 0 Å². The maximum absolute atomic E-state index is 5.77. The van der Waals surface area contributed by atoms with E-state index in [2.05, 4.69) is 16.9 Å². The molecule has 3 heteroatoms. The van der Waals surface area contributed by atoms with Gasteiger partial charge in [0, 0.05) is 17.8 Å². The van der Waals surface area contributed by atoms with Gasteiger partial charge in [0.1, 0.15) is 5.82 Å². The number of aromatic nitrogens is 2. The molecule has 0 aliphatic heterocycles. The maximum Gasteiger partial charge on any atom is 0.134 e. The van der Waals surface area contributed by atoms with Gasteiger partial charge in [0.2, 0.25) is 0 Å². The molecule has 0 spiro atoms. The number of halogens is 1. The van der Waals surface area contributed by atoms with Gasteiger partial charge in [-0.3, -0.25) is 0 Å². The minimum Gasteiger partial charge on any atom is -0.239 e. The van der Waals surface area contributed by atoms with Crippen LogP contribution in [0.2, 0.25) is 5.02 Å². The molecule has 0 aromatic carbocycles. The molecule has 1 aromatic heterocycles. The highest BCUT2D eigenvalue weighted by Crippen LogP contribution is 2.74. The predicted octanol–water partition coefficient (Wildman–Crippen LogP) is 2.96. The van der Waals surface area contributed by atoms with Crippen LogP contribution in [0.3, 0.4) is 0 Å². The standard InChI is InChI=1S/C11H13ClN2/c1-2-10-5-11(6-10,7-10)9-13-3-8(12)4-14-9/h3-4H,2,5-7H2,1H3. The van der Waals surface area contributed by atoms with E-state index in [1.165, 1.54) is 25.7 Å². The number of rotatable bonds is 2. The topological polar surface area (TPSA) is 25.8 Å². The van der Waals surface area contributed by atoms with Gasteiger partial charge in [-0.1, -0.05) is 24.9 Å². The van der Waals surface area contributed by atoms with Crippen molar-refractivity contribution in [2.45, 2.75) is 38.0 Å². The van der Waals surface area contributed by atoms with E-state index in [0.717, 1.165) is 5.82 Å². The number of nitrogens with zero attached hydrogens (tertiary/aromatic N) is 2. The predicted molar refractivity (Wildman–Crippen MR) is 55.3 cm³/mol. The third-order valence-electron chi connectivity index (χ3n) is 3.98. The van der Waals surface area contributed by atoms with E-state index < -0.39 is 0 Å². The summed E-state index contributed by atoms with van der Waals surface area (Å²) in [4.78, 5) is 8.66. The van der Waals surface area contributed by atoms with Crippen molar-refractivity contribution in [3.63, 3.8) is 0 Å². The average Bonchev–Trinajstić information content (AvgIpc) is 2.04. The molecule has 0 atom stereocenters. The summed E-state index contributed by atoms with van der Waals surface area (Å²) in [5, 5.41) is 0.630. The summed E-state index contributed by atoms with van der Waals surface area (Å²) in [7, 11) is 0. The van der Waals surface area contributed by atoms with Crippen LogP contribution in [0, 0.1) is 5.41 Å². The van der Waals surface area contributed by atoms with Crippen LogP contribution >= 0.6 is 11.6 Å². The molecule has 0 unspecified atom stereocenters. The summed E-state index contributed by atoms with van der Waals surface area (Å²) in [6, 6.07) is 0. The molecule has 2 bridgehead atoms. The van der Waals surface area contributed by atoms with Crippen molar-refractivity contribution in [1.82, 2.24) is 9.97 Å². The molecule has 2 nitrogen and oxygen atoms in total. The Balaban J connectivity index is 1.84. The smallest absolute Gasteiger partial charge is 0.134 e. The van der Waals surface area contributed by atoms with E-state index in [1.807, 2.05) is 0 Å². The summed E-state index contributed by atoms with van der Waals surface area (Å²) in [6.07, 6.45) is 8.60. The lowest BCUT2D eigenvalue weighted by Crippen LogP contribution is -2.64. The Labute approximate surface area is 88.7 Å². The highest BCUT2D eigenvalue weighted by atomic mass is 35.5. The minimum absolute atomic E-state index is 0.334. The highest BCUT2D eigenvalue weighted by molar-refractivity contribution is 6.30. The van der Waals surface area contributed by atoms with Crippen molar-refractivity contribution in [1.29, 1.82) is 0 Å². The van der Waals surface area contributed by atoms with Gasteiger partial charge in [-0.2, -0.15) is 0 Å². The Morgan fingerprint density at radius 3 is 2.36 bits per heavy atom. The molecule has 1 heterocycles. The largest absolute Gasteiger partial charge is 0.239 e. The zero-order chi connectivity index (χ0) is 9.81. The Kier molecular flexibility index (Phi) is 1.54. The van der Waals surface area contributed by atoms with Crippen LogP contribution in [0.5, 0.6) is 0 Å². The molecule has 0 radical (unpaired) electrons. The van der Waals surface area contributed by atoms with Gasteiger partial charge in [-0.25, -0.2) is 9.97 Å². The summed E-state index contributed by atoms with van der Waals surface area (Å²) in [5.74, 6) is 1.01. The molecule has 3 aliphatic carbocycles. The second kappa shape index (κ2) is 2.48. The van der Waals surface area contributed by atoms with Gasteiger partial charge in [0.25, 0.3) is 0 Å². The third kappa shape index (κ3) is 0.924. The number of hydrogen-bond acceptors (Lipinski definition) is 2. The third-order valence-corrected chi connectivity index (χ3v) is 4.18. The number of hydrogen-bond donors (Lipinski definition) is 0. The molecule has 0 amide bonds. The molecule has 3 fully saturated rings. The van der Waals surface area contributed by atoms with E-state index in [9.17, 15) is 0 Å². The van der Waals surface area contributed by atoms with Crippen molar-refractivity contribution in [3.05, 3.63) is 23.2 Å². The average molecular weight is 209 g/mol. The SMILES string of the molecule is CCC12CC(c3ncc(Cl)cn3)(C1)C2. The van der Waals surface area contributed by atoms with E-state index in [1.54, 1.807) is 12.4 Å². The van der Waals surface area contributed by atoms with Gasteiger partial charge in [-0.15, -0.1) is 0 Å². The zero-order valence-corrected chi connectivity index (χ0v) is 9.01. The van der Waals surface area contributed by atoms with Crippen LogP contribution in [0.15, 0.2) is 12.4 Å². The summed E-state index contributed by atoms with van der Waals surface area (Å²) < 4.78 is 0. The second-order valence-electron chi connectivity index (χ2n) is 4.89. The molecule has 3 saturated carbocycles. The van der Waals surface area contributed by atoms with Crippen molar-refractivity contribution in [3.8, 4) is 0 Å². The highest BCUT2D eigenvalue weighted by Gasteiger charge is 2.68. The normalized spacial score (nSPS) is 38.7. The van der Waals surface area contributed by atoms with E-state index in [4.69, 9.17) is 11.6 Å². The molecule has 0 saturated heterocycles. The Bertz CT molecular complexity index is 352. The first-order valence-corrected chi connectivity index (χ1v) is 5.54. The molecule has 0 N–H and O–H groups in total. The lowest BCUT2D eigenvalue weighted by atomic mass is 9.34. The van der Waals surface area contributed by atoms with Crippen LogP contribution in [-0.4, -0.2) is 9.97 Å². The molecular weight excluding hydrogens is 196 g/mol. The van der Waals surface area contributed by atoms with Crippen molar-refractivity contribution in [2.24, 2.45) is 5.41 Å². The Hall–Kier alpha value is -0.630. The van der Waals surface area contributed by atoms with E-state index in [-0.39, 0.29) is 0 Å². The lowest BCUT2D eigenvalue weighted by Gasteiger charge is -2.70. The first-order valence-electron chi connectivity index (χ1n) is 5.16. The maximum atomic E-state index is 5.77. The van der Waals surface area contributed by atoms with Crippen molar-refractivity contribution < 1.29 is 0 Å². The molecular formula is C11H13ClN2.